The lowest BCUT2D eigenvalue weighted by Crippen LogP contribution is -2.34. The zero-order chi connectivity index (χ0) is 14.0. The van der Waals surface area contributed by atoms with Crippen LogP contribution in [-0.4, -0.2) is 40.1 Å². The van der Waals surface area contributed by atoms with E-state index in [0.29, 0.717) is 18.8 Å². The van der Waals surface area contributed by atoms with Crippen LogP contribution < -0.4 is 5.32 Å². The van der Waals surface area contributed by atoms with Gasteiger partial charge in [-0.3, -0.25) is 4.98 Å². The number of hydrogen-bond acceptors (Lipinski definition) is 3. The molecule has 1 aromatic heterocycles. The van der Waals surface area contributed by atoms with Crippen molar-refractivity contribution < 1.29 is 14.7 Å². The van der Waals surface area contributed by atoms with E-state index in [2.05, 4.69) is 24.1 Å². The van der Waals surface area contributed by atoms with Crippen LogP contribution in [0.15, 0.2) is 18.5 Å². The third-order valence-electron chi connectivity index (χ3n) is 3.20. The van der Waals surface area contributed by atoms with Gasteiger partial charge in [-0.2, -0.15) is 0 Å². The van der Waals surface area contributed by atoms with Crippen molar-refractivity contribution in [3.63, 3.8) is 0 Å². The minimum absolute atomic E-state index is 0.0551. The number of amides is 2. The number of urea groups is 1. The van der Waals surface area contributed by atoms with Crippen LogP contribution in [0.5, 0.6) is 0 Å². The van der Waals surface area contributed by atoms with Crippen molar-refractivity contribution in [1.82, 2.24) is 9.88 Å². The Morgan fingerprint density at radius 1 is 1.42 bits per heavy atom. The Bertz CT molecular complexity index is 514. The Morgan fingerprint density at radius 2 is 2.16 bits per heavy atom. The molecule has 0 bridgehead atoms. The monoisotopic (exact) mass is 263 g/mol. The Labute approximate surface area is 111 Å². The maximum absolute atomic E-state index is 12.0. The number of nitrogens with one attached hydrogen (secondary N) is 1. The van der Waals surface area contributed by atoms with Gasteiger partial charge in [0, 0.05) is 19.3 Å². The van der Waals surface area contributed by atoms with Gasteiger partial charge in [-0.25, -0.2) is 9.59 Å². The Balaban J connectivity index is 2.03. The topological polar surface area (TPSA) is 82.5 Å². The number of aromatic carboxylic acids is 1. The number of carboxylic acids is 1. The van der Waals surface area contributed by atoms with E-state index in [4.69, 9.17) is 5.11 Å². The number of nitrogens with zero attached hydrogens (tertiary/aromatic N) is 2. The maximum atomic E-state index is 12.0. The summed E-state index contributed by atoms with van der Waals surface area (Å²) in [5.74, 6) is -1.06. The molecule has 2 amide bonds. The van der Waals surface area contributed by atoms with Crippen molar-refractivity contribution in [1.29, 1.82) is 0 Å². The van der Waals surface area contributed by atoms with Crippen LogP contribution in [-0.2, 0) is 0 Å². The summed E-state index contributed by atoms with van der Waals surface area (Å²) < 4.78 is 0. The molecule has 1 aliphatic heterocycles. The largest absolute Gasteiger partial charge is 0.478 e. The normalized spacial score (nSPS) is 17.3. The second-order valence-electron chi connectivity index (χ2n) is 5.53. The van der Waals surface area contributed by atoms with E-state index in [0.717, 1.165) is 6.42 Å². The van der Waals surface area contributed by atoms with Crippen LogP contribution in [0.25, 0.3) is 0 Å². The molecule has 2 heterocycles. The minimum atomic E-state index is -1.06. The van der Waals surface area contributed by atoms with E-state index in [1.165, 1.54) is 18.5 Å². The van der Waals surface area contributed by atoms with Crippen molar-refractivity contribution in [2.75, 3.05) is 18.4 Å². The fraction of sp³-hybridized carbons (Fsp3) is 0.462. The summed E-state index contributed by atoms with van der Waals surface area (Å²) in [7, 11) is 0. The third-order valence-corrected chi connectivity index (χ3v) is 3.20. The number of hydrogen-bond donors (Lipinski definition) is 2. The first-order chi connectivity index (χ1) is 8.87. The van der Waals surface area contributed by atoms with Crippen LogP contribution >= 0.6 is 0 Å². The summed E-state index contributed by atoms with van der Waals surface area (Å²) in [6.07, 6.45) is 3.65. The van der Waals surface area contributed by atoms with Gasteiger partial charge in [0.25, 0.3) is 0 Å². The van der Waals surface area contributed by atoms with Crippen molar-refractivity contribution in [3.05, 3.63) is 24.0 Å². The predicted molar refractivity (Wildman–Crippen MR) is 70.2 cm³/mol. The summed E-state index contributed by atoms with van der Waals surface area (Å²) in [6, 6.07) is 1.18. The SMILES string of the molecule is CC1(C)CCN(C(=O)Nc2cncc(C(=O)O)c2)C1. The van der Waals surface area contributed by atoms with Crippen molar-refractivity contribution in [3.8, 4) is 0 Å². The number of carbonyl (C=O) groups excluding carboxylic acids is 1. The van der Waals surface area contributed by atoms with Crippen LogP contribution in [0.2, 0.25) is 0 Å². The molecule has 0 unspecified atom stereocenters. The van der Waals surface area contributed by atoms with Gasteiger partial charge >= 0.3 is 12.0 Å². The zero-order valence-corrected chi connectivity index (χ0v) is 11.0. The van der Waals surface area contributed by atoms with Crippen LogP contribution in [0, 0.1) is 5.41 Å². The molecular formula is C13H17N3O3. The summed E-state index contributed by atoms with van der Waals surface area (Å²) in [6.45, 7) is 5.65. The van der Waals surface area contributed by atoms with Gasteiger partial charge < -0.3 is 15.3 Å². The molecular weight excluding hydrogens is 246 g/mol. The number of carbonyl (C=O) groups is 2. The molecule has 2 N–H and O–H groups in total. The predicted octanol–water partition coefficient (Wildman–Crippen LogP) is 2.04. The third kappa shape index (κ3) is 3.21. The van der Waals surface area contributed by atoms with E-state index in [9.17, 15) is 9.59 Å². The summed E-state index contributed by atoms with van der Waals surface area (Å²) in [5.41, 5.74) is 0.590. The average Bonchev–Trinajstić information content (AvgIpc) is 2.70. The Kier molecular flexibility index (Phi) is 3.42. The molecule has 0 atom stereocenters. The highest BCUT2D eigenvalue weighted by atomic mass is 16.4. The first-order valence-electron chi connectivity index (χ1n) is 6.12. The van der Waals surface area contributed by atoms with Crippen LogP contribution in [0.4, 0.5) is 10.5 Å². The molecule has 6 nitrogen and oxygen atoms in total. The fourth-order valence-corrected chi connectivity index (χ4v) is 2.11. The number of carboxylic acid groups (broad SMARTS) is 1. The maximum Gasteiger partial charge on any atom is 0.337 e. The van der Waals surface area contributed by atoms with Gasteiger partial charge in [-0.15, -0.1) is 0 Å². The molecule has 0 radical (unpaired) electrons. The molecule has 19 heavy (non-hydrogen) atoms. The molecule has 1 fully saturated rings. The lowest BCUT2D eigenvalue weighted by Gasteiger charge is -2.20. The first kappa shape index (κ1) is 13.3. The summed E-state index contributed by atoms with van der Waals surface area (Å²) >= 11 is 0. The van der Waals surface area contributed by atoms with Gasteiger partial charge in [-0.1, -0.05) is 13.8 Å². The van der Waals surface area contributed by atoms with Gasteiger partial charge in [0.1, 0.15) is 0 Å². The van der Waals surface area contributed by atoms with Gasteiger partial charge in [-0.05, 0) is 17.9 Å². The number of pyridine rings is 1. The van der Waals surface area contributed by atoms with Gasteiger partial charge in [0.15, 0.2) is 0 Å². The first-order valence-corrected chi connectivity index (χ1v) is 6.12. The molecule has 1 saturated heterocycles. The molecule has 0 saturated carbocycles. The van der Waals surface area contributed by atoms with E-state index in [1.54, 1.807) is 4.90 Å². The Hall–Kier alpha value is -2.11. The lowest BCUT2D eigenvalue weighted by atomic mass is 9.93. The summed E-state index contributed by atoms with van der Waals surface area (Å²) in [4.78, 5) is 28.4. The zero-order valence-electron chi connectivity index (χ0n) is 11.0. The highest BCUT2D eigenvalue weighted by molar-refractivity contribution is 5.92. The highest BCUT2D eigenvalue weighted by Crippen LogP contribution is 2.29. The molecule has 1 aromatic rings. The van der Waals surface area contributed by atoms with E-state index in [-0.39, 0.29) is 17.0 Å². The molecule has 1 aliphatic rings. The van der Waals surface area contributed by atoms with E-state index < -0.39 is 5.97 Å². The number of aromatic nitrogens is 1. The molecule has 0 aliphatic carbocycles. The van der Waals surface area contributed by atoms with Crippen molar-refractivity contribution in [2.45, 2.75) is 20.3 Å². The number of rotatable bonds is 2. The second-order valence-corrected chi connectivity index (χ2v) is 5.53. The van der Waals surface area contributed by atoms with E-state index in [1.807, 2.05) is 0 Å². The number of anilines is 1. The second kappa shape index (κ2) is 4.87. The smallest absolute Gasteiger partial charge is 0.337 e. The standard InChI is InChI=1S/C13H17N3O3/c1-13(2)3-4-16(8-13)12(19)15-10-5-9(11(17)18)6-14-7-10/h5-7H,3-4,8H2,1-2H3,(H,15,19)(H,17,18). The molecule has 2 rings (SSSR count). The Morgan fingerprint density at radius 3 is 2.74 bits per heavy atom. The summed E-state index contributed by atoms with van der Waals surface area (Å²) in [5, 5.41) is 11.5. The molecule has 6 heteroatoms. The molecule has 0 aromatic carbocycles. The van der Waals surface area contributed by atoms with Crippen molar-refractivity contribution >= 4 is 17.7 Å². The highest BCUT2D eigenvalue weighted by Gasteiger charge is 2.32. The van der Waals surface area contributed by atoms with Crippen molar-refractivity contribution in [2.24, 2.45) is 5.41 Å². The lowest BCUT2D eigenvalue weighted by molar-refractivity contribution is 0.0696. The quantitative estimate of drug-likeness (QED) is 0.855. The molecule has 0 spiro atoms. The average molecular weight is 263 g/mol. The molecule has 102 valence electrons. The van der Waals surface area contributed by atoms with Crippen LogP contribution in [0.3, 0.4) is 0 Å². The van der Waals surface area contributed by atoms with Gasteiger partial charge in [0.2, 0.25) is 0 Å². The minimum Gasteiger partial charge on any atom is -0.478 e. The number of likely N-dealkylation sites (tertiary alicyclic amines) is 1. The van der Waals surface area contributed by atoms with E-state index >= 15 is 0 Å². The van der Waals surface area contributed by atoms with Crippen LogP contribution in [0.1, 0.15) is 30.6 Å². The fourth-order valence-electron chi connectivity index (χ4n) is 2.11. The van der Waals surface area contributed by atoms with Gasteiger partial charge in [0.05, 0.1) is 17.4 Å².